The van der Waals surface area contributed by atoms with Crippen molar-refractivity contribution in [1.29, 1.82) is 0 Å². The van der Waals surface area contributed by atoms with E-state index in [9.17, 15) is 14.6 Å². The molecule has 0 amide bonds. The molecule has 0 aliphatic heterocycles. The fraction of sp³-hybridized carbons (Fsp3) is 0. The number of hydrogen-bond acceptors (Lipinski definition) is 10. The summed E-state index contributed by atoms with van der Waals surface area (Å²) in [7, 11) is 0. The maximum absolute atomic E-state index is 13.5. The highest BCUT2D eigenvalue weighted by atomic mass is 35.5. The van der Waals surface area contributed by atoms with Crippen LogP contribution in [0.3, 0.4) is 0 Å². The van der Waals surface area contributed by atoms with Gasteiger partial charge in [-0.2, -0.15) is 5.10 Å². The molecular weight excluding hydrogens is 405 g/mol. The molecule has 4 aromatic rings. The summed E-state index contributed by atoms with van der Waals surface area (Å²) in [5.41, 5.74) is 0.871. The average molecular weight is 416 g/mol. The number of aromatic nitrogens is 4. The van der Waals surface area contributed by atoms with Crippen molar-refractivity contribution < 1.29 is 19.2 Å². The Bertz CT molecular complexity index is 1260. The third-order valence-corrected chi connectivity index (χ3v) is 4.18. The molecule has 2 heterocycles. The first-order valence-electron chi connectivity index (χ1n) is 7.99. The Hall–Kier alpha value is -3.99. The summed E-state index contributed by atoms with van der Waals surface area (Å²) in [6.45, 7) is 0. The molecule has 0 bridgehead atoms. The number of hydrazone groups is 1. The molecule has 12 heteroatoms. The molecule has 0 spiro atoms. The molecule has 10 nitrogen and oxygen atoms in total. The highest BCUT2D eigenvalue weighted by Gasteiger charge is 2.22. The van der Waals surface area contributed by atoms with E-state index in [-0.39, 0.29) is 50.6 Å². The van der Waals surface area contributed by atoms with E-state index in [2.05, 4.69) is 35.3 Å². The van der Waals surface area contributed by atoms with Crippen molar-refractivity contribution in [2.24, 2.45) is 10.9 Å². The maximum Gasteiger partial charge on any atom is 0.245 e. The van der Waals surface area contributed by atoms with E-state index < -0.39 is 5.82 Å². The normalized spacial score (nSPS) is 11.7. The fourth-order valence-corrected chi connectivity index (χ4v) is 2.76. The second-order valence-electron chi connectivity index (χ2n) is 5.77. The van der Waals surface area contributed by atoms with Crippen molar-refractivity contribution >= 4 is 40.1 Å². The topological polar surface area (TPSA) is 156 Å². The van der Waals surface area contributed by atoms with Gasteiger partial charge >= 0.3 is 0 Å². The number of hydrogen-bond donors (Lipinski definition) is 4. The molecule has 2 aromatic heterocycles. The van der Waals surface area contributed by atoms with Crippen LogP contribution in [0.15, 0.2) is 46.1 Å². The fourth-order valence-electron chi connectivity index (χ4n) is 2.58. The van der Waals surface area contributed by atoms with Crippen LogP contribution in [0.4, 0.5) is 15.9 Å². The molecule has 0 aliphatic carbocycles. The van der Waals surface area contributed by atoms with Crippen molar-refractivity contribution in [3.05, 3.63) is 58.5 Å². The number of anilines is 2. The SMILES string of the molecule is NN=C(c1ccc(O)cc1O)c1nc2nonc2nc1Nc1ccc(F)c(Cl)c1. The average Bonchev–Trinajstić information content (AvgIpc) is 3.14. The Morgan fingerprint density at radius 1 is 1.10 bits per heavy atom. The summed E-state index contributed by atoms with van der Waals surface area (Å²) >= 11 is 5.83. The second-order valence-corrected chi connectivity index (χ2v) is 6.17. The van der Waals surface area contributed by atoms with Gasteiger partial charge in [0.25, 0.3) is 0 Å². The number of phenolic OH excluding ortho intramolecular Hbond substituents is 2. The number of rotatable bonds is 4. The van der Waals surface area contributed by atoms with Gasteiger partial charge in [-0.25, -0.2) is 19.0 Å². The number of nitrogens with one attached hydrogen (secondary N) is 1. The smallest absolute Gasteiger partial charge is 0.245 e. The van der Waals surface area contributed by atoms with E-state index in [1.807, 2.05) is 0 Å². The van der Waals surface area contributed by atoms with Crippen molar-refractivity contribution in [3.63, 3.8) is 0 Å². The van der Waals surface area contributed by atoms with E-state index in [0.717, 1.165) is 6.07 Å². The molecule has 0 saturated heterocycles. The molecule has 2 aromatic carbocycles. The van der Waals surface area contributed by atoms with E-state index in [1.165, 1.54) is 30.3 Å². The summed E-state index contributed by atoms with van der Waals surface area (Å²) in [6.07, 6.45) is 0. The lowest BCUT2D eigenvalue weighted by Gasteiger charge is -2.13. The standard InChI is InChI=1S/C17H11ClFN7O3/c18-10-5-7(1-4-11(10)19)21-15-14(22-16-17(23-15)26-29-25-16)13(24-20)9-3-2-8(27)6-12(9)28/h1-6,27-28H,20H2,(H,21,23,26). The van der Waals surface area contributed by atoms with E-state index >= 15 is 0 Å². The van der Waals surface area contributed by atoms with Gasteiger partial charge in [0.05, 0.1) is 5.02 Å². The summed E-state index contributed by atoms with van der Waals surface area (Å²) < 4.78 is 18.1. The number of halogens is 2. The van der Waals surface area contributed by atoms with Crippen LogP contribution in [0.1, 0.15) is 11.3 Å². The Kier molecular flexibility index (Phi) is 4.56. The van der Waals surface area contributed by atoms with Crippen molar-refractivity contribution in [2.45, 2.75) is 0 Å². The number of phenols is 2. The largest absolute Gasteiger partial charge is 0.508 e. The van der Waals surface area contributed by atoms with Gasteiger partial charge in [-0.3, -0.25) is 0 Å². The molecule has 146 valence electrons. The quantitative estimate of drug-likeness (QED) is 0.223. The van der Waals surface area contributed by atoms with Gasteiger partial charge in [-0.1, -0.05) is 11.6 Å². The van der Waals surface area contributed by atoms with Gasteiger partial charge in [-0.15, -0.1) is 0 Å². The Balaban J connectivity index is 1.87. The maximum atomic E-state index is 13.5. The van der Waals surface area contributed by atoms with E-state index in [0.29, 0.717) is 5.69 Å². The predicted octanol–water partition coefficient (Wildman–Crippen LogP) is 2.67. The molecule has 0 fully saturated rings. The molecule has 4 rings (SSSR count). The summed E-state index contributed by atoms with van der Waals surface area (Å²) in [4.78, 5) is 8.58. The van der Waals surface area contributed by atoms with E-state index in [4.69, 9.17) is 17.4 Å². The van der Waals surface area contributed by atoms with Crippen LogP contribution in [0, 0.1) is 5.82 Å². The molecule has 0 atom stereocenters. The Labute approximate surface area is 166 Å². The minimum Gasteiger partial charge on any atom is -0.508 e. The van der Waals surface area contributed by atoms with Crippen LogP contribution in [-0.2, 0) is 0 Å². The first kappa shape index (κ1) is 18.4. The zero-order valence-electron chi connectivity index (χ0n) is 14.3. The minimum atomic E-state index is -0.585. The highest BCUT2D eigenvalue weighted by Crippen LogP contribution is 2.29. The number of nitrogens with zero attached hydrogens (tertiary/aromatic N) is 5. The number of benzene rings is 2. The van der Waals surface area contributed by atoms with Gasteiger partial charge in [0.2, 0.25) is 11.3 Å². The van der Waals surface area contributed by atoms with Gasteiger partial charge in [0.1, 0.15) is 28.7 Å². The third kappa shape index (κ3) is 3.46. The van der Waals surface area contributed by atoms with E-state index in [1.54, 1.807) is 0 Å². The number of nitrogens with two attached hydrogens (primary N) is 1. The van der Waals surface area contributed by atoms with Crippen LogP contribution in [0.25, 0.3) is 11.3 Å². The van der Waals surface area contributed by atoms with Gasteiger partial charge in [0, 0.05) is 17.3 Å². The molecule has 0 unspecified atom stereocenters. The van der Waals surface area contributed by atoms with Crippen LogP contribution in [0.5, 0.6) is 11.5 Å². The minimum absolute atomic E-state index is 0.0376. The lowest BCUT2D eigenvalue weighted by atomic mass is 10.1. The highest BCUT2D eigenvalue weighted by molar-refractivity contribution is 6.31. The Morgan fingerprint density at radius 3 is 2.55 bits per heavy atom. The zero-order chi connectivity index (χ0) is 20.5. The van der Waals surface area contributed by atoms with Crippen LogP contribution < -0.4 is 11.2 Å². The molecule has 0 radical (unpaired) electrons. The van der Waals surface area contributed by atoms with Gasteiger partial charge in [-0.05, 0) is 40.6 Å². The lowest BCUT2D eigenvalue weighted by molar-refractivity contribution is 0.314. The molecule has 5 N–H and O–H groups in total. The summed E-state index contributed by atoms with van der Waals surface area (Å²) in [5, 5.41) is 33.6. The van der Waals surface area contributed by atoms with Crippen molar-refractivity contribution in [2.75, 3.05) is 5.32 Å². The molecule has 0 aliphatic rings. The second kappa shape index (κ2) is 7.20. The van der Waals surface area contributed by atoms with Crippen LogP contribution in [-0.4, -0.2) is 36.2 Å². The summed E-state index contributed by atoms with van der Waals surface area (Å²) in [6, 6.07) is 7.84. The van der Waals surface area contributed by atoms with Crippen molar-refractivity contribution in [1.82, 2.24) is 20.3 Å². The predicted molar refractivity (Wildman–Crippen MR) is 102 cm³/mol. The summed E-state index contributed by atoms with van der Waals surface area (Å²) in [5.74, 6) is 4.66. The monoisotopic (exact) mass is 415 g/mol. The van der Waals surface area contributed by atoms with Crippen molar-refractivity contribution in [3.8, 4) is 11.5 Å². The van der Waals surface area contributed by atoms with Gasteiger partial charge < -0.3 is 21.4 Å². The number of aromatic hydroxyl groups is 2. The number of fused-ring (bicyclic) bond motifs is 1. The lowest BCUT2D eigenvalue weighted by Crippen LogP contribution is -2.13. The third-order valence-electron chi connectivity index (χ3n) is 3.89. The first-order valence-corrected chi connectivity index (χ1v) is 8.37. The van der Waals surface area contributed by atoms with Crippen LogP contribution >= 0.6 is 11.6 Å². The molecule has 29 heavy (non-hydrogen) atoms. The molecular formula is C17H11ClFN7O3. The molecule has 0 saturated carbocycles. The van der Waals surface area contributed by atoms with Gasteiger partial charge in [0.15, 0.2) is 5.82 Å². The first-order chi connectivity index (χ1) is 14.0. The van der Waals surface area contributed by atoms with Crippen LogP contribution in [0.2, 0.25) is 5.02 Å². The Morgan fingerprint density at radius 2 is 1.86 bits per heavy atom. The zero-order valence-corrected chi connectivity index (χ0v) is 15.1.